The molecule has 2 aliphatic heterocycles. The molecule has 8 nitrogen and oxygen atoms in total. The number of carbonyl (C=O) groups is 1. The number of carbonyl (C=O) groups excluding carboxylic acids is 1. The SMILES string of the molecule is O=Cc1cnc(Cl)nc1-c1cn2c3c(cccc13)CCC2.OCc1cnc(Cl)nc1-c1cn2c3c(cccc13)CCC2.[2HH].[2H][2H].[2H][2H].[2H][2H].[2H][2H]. The number of hydrogen-bond donors (Lipinski definition) is 1. The van der Waals surface area contributed by atoms with E-state index in [1.54, 1.807) is 6.20 Å². The molecule has 2 aromatic carbocycles. The molecule has 0 aliphatic carbocycles. The molecule has 6 heterocycles. The summed E-state index contributed by atoms with van der Waals surface area (Å²) in [5.74, 6) is 0. The number of halogens is 2. The van der Waals surface area contributed by atoms with Gasteiger partial charge in [0.2, 0.25) is 10.6 Å². The first-order valence-corrected chi connectivity index (χ1v) is 14.6. The summed E-state index contributed by atoms with van der Waals surface area (Å²) < 4.78 is 44.5. The van der Waals surface area contributed by atoms with Crippen LogP contribution in [0, 0.1) is 0 Å². The average Bonchev–Trinajstić information content (AvgIpc) is 3.76. The summed E-state index contributed by atoms with van der Waals surface area (Å²) in [6.07, 6.45) is 12.5. The zero-order valence-electron chi connectivity index (χ0n) is 30.6. The van der Waals surface area contributed by atoms with Crippen molar-refractivity contribution in [2.24, 2.45) is 0 Å². The molecule has 0 atom stereocenters. The highest BCUT2D eigenvalue weighted by Gasteiger charge is 2.21. The number of aliphatic hydroxyl groups is 1. The van der Waals surface area contributed by atoms with Gasteiger partial charge in [-0.05, 0) is 60.0 Å². The van der Waals surface area contributed by atoms with Crippen LogP contribution >= 0.6 is 23.2 Å². The van der Waals surface area contributed by atoms with Crippen LogP contribution in [0.4, 0.5) is 0 Å². The number of rotatable bonds is 4. The van der Waals surface area contributed by atoms with E-state index in [0.29, 0.717) is 16.8 Å². The van der Waals surface area contributed by atoms with Gasteiger partial charge in [0, 0.05) is 78.6 Å². The smallest absolute Gasteiger partial charge is 0.222 e. The maximum Gasteiger partial charge on any atom is 0.222 e. The van der Waals surface area contributed by atoms with Crippen LogP contribution in [0.5, 0.6) is 0 Å². The third-order valence-electron chi connectivity index (χ3n) is 8.08. The molecular formula is C32H36Cl2N6O2. The topological polar surface area (TPSA) is 98.7 Å². The molecule has 6 aromatic rings. The molecule has 42 heavy (non-hydrogen) atoms. The predicted molar refractivity (Wildman–Crippen MR) is 174 cm³/mol. The lowest BCUT2D eigenvalue weighted by atomic mass is 10.0. The van der Waals surface area contributed by atoms with Crippen LogP contribution in [0.2, 0.25) is 10.6 Å². The van der Waals surface area contributed by atoms with E-state index >= 15 is 0 Å². The molecule has 0 amide bonds. The molecule has 8 rings (SSSR count). The van der Waals surface area contributed by atoms with Crippen LogP contribution in [0.1, 0.15) is 53.2 Å². The minimum atomic E-state index is -0.0983. The van der Waals surface area contributed by atoms with E-state index < -0.39 is 0 Å². The van der Waals surface area contributed by atoms with E-state index in [0.717, 1.165) is 72.7 Å². The molecule has 0 fully saturated rings. The quantitative estimate of drug-likeness (QED) is 0.160. The third-order valence-corrected chi connectivity index (χ3v) is 8.45. The molecule has 0 unspecified atom stereocenters. The van der Waals surface area contributed by atoms with Crippen LogP contribution in [0.3, 0.4) is 0 Å². The first-order chi connectivity index (χ1) is 24.6. The van der Waals surface area contributed by atoms with E-state index in [4.69, 9.17) is 35.1 Å². The number of hydrogen-bond acceptors (Lipinski definition) is 6. The minimum Gasteiger partial charge on any atom is -0.392 e. The maximum atomic E-state index is 11.3. The van der Waals surface area contributed by atoms with Crippen molar-refractivity contribution in [3.8, 4) is 22.5 Å². The molecule has 0 saturated heterocycles. The van der Waals surface area contributed by atoms with Crippen molar-refractivity contribution in [1.82, 2.24) is 29.1 Å². The monoisotopic (exact) mass is 615 g/mol. The van der Waals surface area contributed by atoms with Crippen molar-refractivity contribution in [3.63, 3.8) is 0 Å². The van der Waals surface area contributed by atoms with Crippen LogP contribution in [-0.2, 0) is 32.5 Å². The largest absolute Gasteiger partial charge is 0.392 e. The lowest BCUT2D eigenvalue weighted by Gasteiger charge is -2.14. The van der Waals surface area contributed by atoms with Gasteiger partial charge >= 0.3 is 0 Å². The number of aliphatic hydroxyl groups excluding tert-OH is 1. The molecule has 0 saturated carbocycles. The molecular weight excluding hydrogens is 571 g/mol. The van der Waals surface area contributed by atoms with Gasteiger partial charge in [-0.25, -0.2) is 19.9 Å². The summed E-state index contributed by atoms with van der Waals surface area (Å²) in [5, 5.41) is 12.2. The van der Waals surface area contributed by atoms with Crippen molar-refractivity contribution in [1.29, 1.82) is 0 Å². The number of para-hydroxylation sites is 2. The molecule has 1 N–H and O–H groups in total. The zero-order chi connectivity index (χ0) is 36.8. The predicted octanol–water partition coefficient (Wildman–Crippen LogP) is 7.93. The Bertz CT molecular complexity index is 2030. The maximum absolute atomic E-state index is 11.3. The van der Waals surface area contributed by atoms with Gasteiger partial charge in [-0.1, -0.05) is 36.4 Å². The molecule has 220 valence electrons. The van der Waals surface area contributed by atoms with Gasteiger partial charge in [0.15, 0.2) is 6.29 Å². The summed E-state index contributed by atoms with van der Waals surface area (Å²) in [4.78, 5) is 27.7. The second-order valence-corrected chi connectivity index (χ2v) is 11.2. The van der Waals surface area contributed by atoms with Gasteiger partial charge in [0.1, 0.15) is 0 Å². The van der Waals surface area contributed by atoms with Crippen molar-refractivity contribution in [2.45, 2.75) is 45.4 Å². The molecule has 4 aromatic heterocycles. The van der Waals surface area contributed by atoms with E-state index in [1.807, 2.05) is 0 Å². The number of aldehydes is 1. The normalized spacial score (nSPS) is 14.5. The highest BCUT2D eigenvalue weighted by molar-refractivity contribution is 6.28. The first kappa shape index (κ1) is 22.5. The number of aryl methyl sites for hydroxylation is 4. The Hall–Kier alpha value is -4.11. The average molecular weight is 617 g/mol. The van der Waals surface area contributed by atoms with Crippen LogP contribution < -0.4 is 0 Å². The highest BCUT2D eigenvalue weighted by atomic mass is 35.5. The molecule has 0 bridgehead atoms. The summed E-state index contributed by atoms with van der Waals surface area (Å²) in [7, 11) is 0. The van der Waals surface area contributed by atoms with E-state index in [9.17, 15) is 9.90 Å². The number of benzene rings is 2. The van der Waals surface area contributed by atoms with Crippen molar-refractivity contribution in [2.75, 3.05) is 0 Å². The minimum absolute atomic E-state index is 0. The number of aromatic nitrogens is 6. The lowest BCUT2D eigenvalue weighted by molar-refractivity contribution is 0.112. The Kier molecular flexibility index (Phi) is 5.86. The highest BCUT2D eigenvalue weighted by Crippen LogP contribution is 2.37. The second kappa shape index (κ2) is 10.9. The van der Waals surface area contributed by atoms with Gasteiger partial charge in [0.05, 0.1) is 34.6 Å². The fraction of sp³-hybridized carbons (Fsp3) is 0.219. The van der Waals surface area contributed by atoms with Gasteiger partial charge in [0.25, 0.3) is 0 Å². The fourth-order valence-electron chi connectivity index (χ4n) is 6.29. The van der Waals surface area contributed by atoms with Crippen LogP contribution in [-0.4, -0.2) is 40.5 Å². The van der Waals surface area contributed by atoms with Gasteiger partial charge < -0.3 is 14.2 Å². The number of nitrogens with zero attached hydrogens (tertiary/aromatic N) is 6. The summed E-state index contributed by atoms with van der Waals surface area (Å²) in [5.41, 5.74) is 9.68. The van der Waals surface area contributed by atoms with Crippen LogP contribution in [0.15, 0.2) is 61.2 Å². The second-order valence-electron chi connectivity index (χ2n) is 10.5. The Morgan fingerprint density at radius 2 is 1.38 bits per heavy atom. The van der Waals surface area contributed by atoms with Gasteiger partial charge in [-0.3, -0.25) is 4.79 Å². The van der Waals surface area contributed by atoms with Crippen molar-refractivity contribution < 1.29 is 23.2 Å². The summed E-state index contributed by atoms with van der Waals surface area (Å²) in [6, 6.07) is 12.7. The first-order valence-electron chi connectivity index (χ1n) is 17.9. The molecule has 0 spiro atoms. The summed E-state index contributed by atoms with van der Waals surface area (Å²) >= 11 is 11.9. The van der Waals surface area contributed by atoms with E-state index in [1.165, 1.54) is 28.4 Å². The Morgan fingerprint density at radius 1 is 0.833 bits per heavy atom. The van der Waals surface area contributed by atoms with Gasteiger partial charge in [-0.15, -0.1) is 0 Å². The van der Waals surface area contributed by atoms with Crippen molar-refractivity contribution in [3.05, 3.63) is 94.0 Å². The Balaban J connectivity index is 0.000000291. The summed E-state index contributed by atoms with van der Waals surface area (Å²) in [6.45, 7) is 1.91. The third kappa shape index (κ3) is 4.56. The van der Waals surface area contributed by atoms with Crippen molar-refractivity contribution >= 4 is 51.3 Å². The zero-order valence-corrected chi connectivity index (χ0v) is 24.1. The standard InChI is InChI=1S/C16H14ClN3O.C16H12ClN3O.5H2/c2*17-16-18-7-11(9-21)14(19-16)13-8-20-6-2-4-10-3-1-5-12(13)15(10)20;;;;;/h1,3,5,7-8,21H,2,4,6,9H2;1,3,5,7-9H,2,4,6H2;5*1H/i;;4*1+1D;1+1. The Morgan fingerprint density at radius 3 is 1.95 bits per heavy atom. The Labute approximate surface area is 265 Å². The molecule has 0 radical (unpaired) electrons. The van der Waals surface area contributed by atoms with E-state index in [2.05, 4.69) is 77.9 Å². The van der Waals surface area contributed by atoms with Crippen LogP contribution in [0.25, 0.3) is 44.3 Å². The van der Waals surface area contributed by atoms with Gasteiger partial charge in [-0.2, -0.15) is 0 Å². The molecule has 2 aliphatic rings. The van der Waals surface area contributed by atoms with E-state index in [-0.39, 0.29) is 18.6 Å². The molecule has 10 heteroatoms. The lowest BCUT2D eigenvalue weighted by Crippen LogP contribution is -2.05. The fourth-order valence-corrected chi connectivity index (χ4v) is 6.56.